The quantitative estimate of drug-likeness (QED) is 0.908. The Morgan fingerprint density at radius 3 is 2.70 bits per heavy atom. The Bertz CT molecular complexity index is 684. The number of rotatable bonds is 4. The summed E-state index contributed by atoms with van der Waals surface area (Å²) in [7, 11) is 0. The van der Waals surface area contributed by atoms with Crippen LogP contribution in [0.25, 0.3) is 0 Å². The molecule has 2 aromatic rings. The molecule has 3 rings (SSSR count). The van der Waals surface area contributed by atoms with Gasteiger partial charge in [0, 0.05) is 22.4 Å². The predicted octanol–water partition coefficient (Wildman–Crippen LogP) is 4.32. The largest absolute Gasteiger partial charge is 0.360 e. The minimum Gasteiger partial charge on any atom is -0.360 e. The third-order valence-electron chi connectivity index (χ3n) is 4.05. The van der Waals surface area contributed by atoms with E-state index in [4.69, 9.17) is 0 Å². The van der Waals surface area contributed by atoms with Gasteiger partial charge in [0.15, 0.2) is 0 Å². The van der Waals surface area contributed by atoms with Crippen LogP contribution in [-0.4, -0.2) is 24.2 Å². The monoisotopic (exact) mass is 326 g/mol. The fraction of sp³-hybridized carbons (Fsp3) is 0.316. The summed E-state index contributed by atoms with van der Waals surface area (Å²) in [5.41, 5.74) is 3.21. The molecule has 1 atom stereocenters. The second-order valence-electron chi connectivity index (χ2n) is 5.91. The highest BCUT2D eigenvalue weighted by atomic mass is 32.2. The van der Waals surface area contributed by atoms with Crippen LogP contribution in [0.4, 0.5) is 11.4 Å². The molecule has 0 aromatic heterocycles. The summed E-state index contributed by atoms with van der Waals surface area (Å²) in [5, 5.41) is 3.53. The first-order valence-electron chi connectivity index (χ1n) is 8.03. The lowest BCUT2D eigenvalue weighted by molar-refractivity contribution is -0.115. The van der Waals surface area contributed by atoms with E-state index in [1.54, 1.807) is 0 Å². The molecule has 0 spiro atoms. The maximum atomic E-state index is 12.4. The van der Waals surface area contributed by atoms with E-state index in [9.17, 15) is 4.79 Å². The first-order chi connectivity index (χ1) is 11.2. The van der Waals surface area contributed by atoms with Crippen molar-refractivity contribution in [3.05, 3.63) is 54.1 Å². The summed E-state index contributed by atoms with van der Waals surface area (Å²) in [6.07, 6.45) is 1.11. The van der Waals surface area contributed by atoms with Crippen LogP contribution >= 0.6 is 11.8 Å². The topological polar surface area (TPSA) is 32.3 Å². The smallest absolute Gasteiger partial charge is 0.243 e. The molecule has 1 aliphatic rings. The number of nitrogens with zero attached hydrogens (tertiary/aromatic N) is 1. The maximum Gasteiger partial charge on any atom is 0.243 e. The molecule has 0 saturated heterocycles. The standard InChI is InChI=1S/C19H22N2OS/c1-3-16-12-21(17-6-4-5-7-18(17)23-16)13-19(22)20-15-10-8-14(2)9-11-15/h4-11,16H,3,12-13H2,1-2H3,(H,20,22). The second-order valence-corrected chi connectivity index (χ2v) is 7.25. The number of anilines is 2. The highest BCUT2D eigenvalue weighted by molar-refractivity contribution is 8.00. The minimum atomic E-state index is 0.0328. The molecular weight excluding hydrogens is 304 g/mol. The number of aryl methyl sites for hydroxylation is 1. The molecule has 2 aromatic carbocycles. The average Bonchev–Trinajstić information content (AvgIpc) is 2.56. The lowest BCUT2D eigenvalue weighted by atomic mass is 10.2. The summed E-state index contributed by atoms with van der Waals surface area (Å²) < 4.78 is 0. The van der Waals surface area contributed by atoms with Gasteiger partial charge in [-0.25, -0.2) is 0 Å². The van der Waals surface area contributed by atoms with E-state index in [0.29, 0.717) is 11.8 Å². The Balaban J connectivity index is 1.71. The molecule has 23 heavy (non-hydrogen) atoms. The molecule has 1 unspecified atom stereocenters. The number of carbonyl (C=O) groups excluding carboxylic acids is 1. The number of fused-ring (bicyclic) bond motifs is 1. The molecule has 3 nitrogen and oxygen atoms in total. The average molecular weight is 326 g/mol. The summed E-state index contributed by atoms with van der Waals surface area (Å²) in [6.45, 7) is 5.55. The molecule has 0 aliphatic carbocycles. The Morgan fingerprint density at radius 2 is 1.96 bits per heavy atom. The van der Waals surface area contributed by atoms with Crippen molar-refractivity contribution >= 4 is 29.0 Å². The van der Waals surface area contributed by atoms with Crippen molar-refractivity contribution in [2.45, 2.75) is 30.4 Å². The van der Waals surface area contributed by atoms with Crippen molar-refractivity contribution in [1.29, 1.82) is 0 Å². The maximum absolute atomic E-state index is 12.4. The highest BCUT2D eigenvalue weighted by Gasteiger charge is 2.25. The van der Waals surface area contributed by atoms with E-state index >= 15 is 0 Å². The van der Waals surface area contributed by atoms with E-state index < -0.39 is 0 Å². The second kappa shape index (κ2) is 7.09. The lowest BCUT2D eigenvalue weighted by Crippen LogP contribution is -2.40. The van der Waals surface area contributed by atoms with Gasteiger partial charge in [-0.1, -0.05) is 36.8 Å². The van der Waals surface area contributed by atoms with Crippen molar-refractivity contribution in [1.82, 2.24) is 0 Å². The third-order valence-corrected chi connectivity index (χ3v) is 5.46. The van der Waals surface area contributed by atoms with Gasteiger partial charge in [0.25, 0.3) is 0 Å². The first kappa shape index (κ1) is 15.9. The number of hydrogen-bond acceptors (Lipinski definition) is 3. The van der Waals surface area contributed by atoms with Gasteiger partial charge < -0.3 is 10.2 Å². The molecule has 4 heteroatoms. The van der Waals surface area contributed by atoms with Crippen LogP contribution in [0.15, 0.2) is 53.4 Å². The molecule has 0 fully saturated rings. The molecule has 1 amide bonds. The van der Waals surface area contributed by atoms with Crippen molar-refractivity contribution in [2.75, 3.05) is 23.3 Å². The number of benzene rings is 2. The molecule has 1 N–H and O–H groups in total. The van der Waals surface area contributed by atoms with Gasteiger partial charge in [-0.15, -0.1) is 11.8 Å². The highest BCUT2D eigenvalue weighted by Crippen LogP contribution is 2.39. The molecular formula is C19H22N2OS. The number of amides is 1. The fourth-order valence-electron chi connectivity index (χ4n) is 2.75. The van der Waals surface area contributed by atoms with E-state index in [0.717, 1.165) is 18.7 Å². The third kappa shape index (κ3) is 3.88. The van der Waals surface area contributed by atoms with Crippen LogP contribution in [0.2, 0.25) is 0 Å². The van der Waals surface area contributed by atoms with Crippen LogP contribution in [0, 0.1) is 6.92 Å². The molecule has 1 heterocycles. The van der Waals surface area contributed by atoms with E-state index in [2.05, 4.69) is 35.3 Å². The van der Waals surface area contributed by atoms with Gasteiger partial charge in [-0.05, 0) is 37.6 Å². The van der Waals surface area contributed by atoms with Crippen molar-refractivity contribution < 1.29 is 4.79 Å². The zero-order valence-corrected chi connectivity index (χ0v) is 14.4. The number of carbonyl (C=O) groups is 1. The van der Waals surface area contributed by atoms with Gasteiger partial charge in [0.1, 0.15) is 0 Å². The van der Waals surface area contributed by atoms with Gasteiger partial charge in [0.2, 0.25) is 5.91 Å². The minimum absolute atomic E-state index is 0.0328. The van der Waals surface area contributed by atoms with Gasteiger partial charge in [0.05, 0.1) is 12.2 Å². The molecule has 0 radical (unpaired) electrons. The number of nitrogens with one attached hydrogen (secondary N) is 1. The van der Waals surface area contributed by atoms with Gasteiger partial charge in [-0.2, -0.15) is 0 Å². The normalized spacial score (nSPS) is 16.8. The van der Waals surface area contributed by atoms with Crippen molar-refractivity contribution in [3.8, 4) is 0 Å². The fourth-order valence-corrected chi connectivity index (χ4v) is 4.01. The number of hydrogen-bond donors (Lipinski definition) is 1. The number of thioether (sulfide) groups is 1. The van der Waals surface area contributed by atoms with Crippen molar-refractivity contribution in [2.24, 2.45) is 0 Å². The summed E-state index contributed by atoms with van der Waals surface area (Å²) in [5.74, 6) is 0.0328. The van der Waals surface area contributed by atoms with Crippen LogP contribution in [0.3, 0.4) is 0 Å². The van der Waals surface area contributed by atoms with E-state index in [-0.39, 0.29) is 5.91 Å². The summed E-state index contributed by atoms with van der Waals surface area (Å²) in [4.78, 5) is 15.9. The molecule has 0 bridgehead atoms. The molecule has 120 valence electrons. The predicted molar refractivity (Wildman–Crippen MR) is 98.4 cm³/mol. The Kier molecular flexibility index (Phi) is 4.91. The Hall–Kier alpha value is -1.94. The Labute approximate surface area is 142 Å². The summed E-state index contributed by atoms with van der Waals surface area (Å²) >= 11 is 1.92. The van der Waals surface area contributed by atoms with Crippen LogP contribution in [-0.2, 0) is 4.79 Å². The Morgan fingerprint density at radius 1 is 1.22 bits per heavy atom. The van der Waals surface area contributed by atoms with E-state index in [1.807, 2.05) is 49.0 Å². The molecule has 0 saturated carbocycles. The summed E-state index contributed by atoms with van der Waals surface area (Å²) in [6, 6.07) is 16.3. The van der Waals surface area contributed by atoms with Gasteiger partial charge >= 0.3 is 0 Å². The van der Waals surface area contributed by atoms with E-state index in [1.165, 1.54) is 16.1 Å². The lowest BCUT2D eigenvalue weighted by Gasteiger charge is -2.34. The van der Waals surface area contributed by atoms with Crippen LogP contribution in [0.1, 0.15) is 18.9 Å². The zero-order chi connectivity index (χ0) is 16.2. The molecule has 1 aliphatic heterocycles. The SMILES string of the molecule is CCC1CN(CC(=O)Nc2ccc(C)cc2)c2ccccc2S1. The van der Waals surface area contributed by atoms with Crippen LogP contribution < -0.4 is 10.2 Å². The first-order valence-corrected chi connectivity index (χ1v) is 8.91. The number of para-hydroxylation sites is 1. The zero-order valence-electron chi connectivity index (χ0n) is 13.6. The van der Waals surface area contributed by atoms with Crippen LogP contribution in [0.5, 0.6) is 0 Å². The van der Waals surface area contributed by atoms with Gasteiger partial charge in [-0.3, -0.25) is 4.79 Å². The van der Waals surface area contributed by atoms with Crippen molar-refractivity contribution in [3.63, 3.8) is 0 Å².